The summed E-state index contributed by atoms with van der Waals surface area (Å²) >= 11 is 1.40. The molecule has 2 heterocycles. The van der Waals surface area contributed by atoms with Gasteiger partial charge in [-0.05, 0) is 13.3 Å². The second kappa shape index (κ2) is 5.53. The summed E-state index contributed by atoms with van der Waals surface area (Å²) in [5.41, 5.74) is 0. The van der Waals surface area contributed by atoms with Gasteiger partial charge >= 0.3 is 0 Å². The van der Waals surface area contributed by atoms with E-state index in [0.29, 0.717) is 11.4 Å². The number of carbonyl (C=O) groups excluding carboxylic acids is 1. The van der Waals surface area contributed by atoms with Crippen molar-refractivity contribution in [2.24, 2.45) is 0 Å². The minimum absolute atomic E-state index is 0.0619. The van der Waals surface area contributed by atoms with Gasteiger partial charge < -0.3 is 5.32 Å². The van der Waals surface area contributed by atoms with Crippen LogP contribution in [0.5, 0.6) is 0 Å². The lowest BCUT2D eigenvalue weighted by molar-refractivity contribution is 0.0957. The van der Waals surface area contributed by atoms with Crippen LogP contribution in [0, 0.1) is 6.92 Å². The second-order valence-electron chi connectivity index (χ2n) is 3.54. The van der Waals surface area contributed by atoms with E-state index < -0.39 is 0 Å². The lowest BCUT2D eigenvalue weighted by Gasteiger charge is -2.01. The van der Waals surface area contributed by atoms with Crippen molar-refractivity contribution in [2.45, 2.75) is 19.8 Å². The first kappa shape index (κ1) is 11.7. The number of hydrogen-bond acceptors (Lipinski definition) is 5. The molecule has 2 aromatic heterocycles. The molecule has 0 fully saturated rings. The molecular weight excluding hydrogens is 238 g/mol. The fraction of sp³-hybridized carbons (Fsp3) is 0.400. The van der Waals surface area contributed by atoms with Gasteiger partial charge in [0, 0.05) is 13.0 Å². The monoisotopic (exact) mass is 251 g/mol. The Hall–Kier alpha value is -1.76. The first-order chi connectivity index (χ1) is 8.25. The average Bonchev–Trinajstić information content (AvgIpc) is 2.95. The van der Waals surface area contributed by atoms with Crippen molar-refractivity contribution in [3.8, 4) is 0 Å². The molecule has 7 heteroatoms. The number of hydrogen-bond donors (Lipinski definition) is 2. The fourth-order valence-corrected chi connectivity index (χ4v) is 2.06. The molecule has 17 heavy (non-hydrogen) atoms. The smallest absolute Gasteiger partial charge is 0.263 e. The standard InChI is InChI=1S/C10H13N5OS/c1-7-12-5-8(17-7)10(16)11-4-2-3-9-13-6-14-15-9/h5-6H,2-4H2,1H3,(H,11,16)(H,13,14,15). The van der Waals surface area contributed by atoms with Crippen LogP contribution in [-0.2, 0) is 6.42 Å². The molecule has 90 valence electrons. The van der Waals surface area contributed by atoms with Gasteiger partial charge in [0.25, 0.3) is 5.91 Å². The third-order valence-corrected chi connectivity index (χ3v) is 3.10. The van der Waals surface area contributed by atoms with Gasteiger partial charge in [-0.15, -0.1) is 11.3 Å². The molecule has 0 saturated carbocycles. The van der Waals surface area contributed by atoms with E-state index in [0.717, 1.165) is 23.7 Å². The lowest BCUT2D eigenvalue weighted by atomic mass is 10.3. The van der Waals surface area contributed by atoms with Crippen LogP contribution in [0.25, 0.3) is 0 Å². The maximum atomic E-state index is 11.6. The Labute approximate surface area is 103 Å². The molecule has 2 N–H and O–H groups in total. The van der Waals surface area contributed by atoms with Gasteiger partial charge in [0.15, 0.2) is 0 Å². The van der Waals surface area contributed by atoms with Crippen LogP contribution in [-0.4, -0.2) is 32.6 Å². The number of amides is 1. The van der Waals surface area contributed by atoms with E-state index in [9.17, 15) is 4.79 Å². The fourth-order valence-electron chi connectivity index (χ4n) is 1.36. The highest BCUT2D eigenvalue weighted by Gasteiger charge is 2.07. The maximum Gasteiger partial charge on any atom is 0.263 e. The average molecular weight is 251 g/mol. The minimum Gasteiger partial charge on any atom is -0.351 e. The van der Waals surface area contributed by atoms with Crippen molar-refractivity contribution in [3.05, 3.63) is 28.2 Å². The van der Waals surface area contributed by atoms with Crippen molar-refractivity contribution >= 4 is 17.2 Å². The molecule has 2 aromatic rings. The van der Waals surface area contributed by atoms with E-state index in [1.165, 1.54) is 17.7 Å². The summed E-state index contributed by atoms with van der Waals surface area (Å²) in [7, 11) is 0. The number of aryl methyl sites for hydroxylation is 2. The van der Waals surface area contributed by atoms with E-state index in [1.807, 2.05) is 6.92 Å². The van der Waals surface area contributed by atoms with E-state index in [1.54, 1.807) is 6.20 Å². The van der Waals surface area contributed by atoms with E-state index in [-0.39, 0.29) is 5.91 Å². The van der Waals surface area contributed by atoms with Crippen molar-refractivity contribution in [2.75, 3.05) is 6.54 Å². The highest BCUT2D eigenvalue weighted by Crippen LogP contribution is 2.10. The van der Waals surface area contributed by atoms with Gasteiger partial charge in [0.1, 0.15) is 17.0 Å². The quantitative estimate of drug-likeness (QED) is 0.774. The zero-order valence-electron chi connectivity index (χ0n) is 9.43. The van der Waals surface area contributed by atoms with Crippen molar-refractivity contribution < 1.29 is 4.79 Å². The summed E-state index contributed by atoms with van der Waals surface area (Å²) in [6.07, 6.45) is 4.69. The van der Waals surface area contributed by atoms with Crippen LogP contribution in [0.15, 0.2) is 12.5 Å². The molecule has 0 saturated heterocycles. The molecule has 1 amide bonds. The Morgan fingerprint density at radius 1 is 1.53 bits per heavy atom. The van der Waals surface area contributed by atoms with Gasteiger partial charge in [0.05, 0.1) is 11.2 Å². The van der Waals surface area contributed by atoms with Crippen LogP contribution >= 0.6 is 11.3 Å². The molecule has 0 atom stereocenters. The SMILES string of the molecule is Cc1ncc(C(=O)NCCCc2ncn[nH]2)s1. The van der Waals surface area contributed by atoms with E-state index >= 15 is 0 Å². The van der Waals surface area contributed by atoms with E-state index in [4.69, 9.17) is 0 Å². The predicted octanol–water partition coefficient (Wildman–Crippen LogP) is 0.932. The summed E-state index contributed by atoms with van der Waals surface area (Å²) < 4.78 is 0. The number of H-pyrrole nitrogens is 1. The van der Waals surface area contributed by atoms with Crippen LogP contribution in [0.1, 0.15) is 26.9 Å². The molecule has 0 spiro atoms. The highest BCUT2D eigenvalue weighted by molar-refractivity contribution is 7.13. The number of carbonyl (C=O) groups is 1. The summed E-state index contributed by atoms with van der Waals surface area (Å²) in [5, 5.41) is 10.3. The van der Waals surface area contributed by atoms with Crippen molar-refractivity contribution in [1.29, 1.82) is 0 Å². The summed E-state index contributed by atoms with van der Waals surface area (Å²) in [6.45, 7) is 2.50. The van der Waals surface area contributed by atoms with Crippen molar-refractivity contribution in [3.63, 3.8) is 0 Å². The third-order valence-electron chi connectivity index (χ3n) is 2.19. The predicted molar refractivity (Wildman–Crippen MR) is 63.9 cm³/mol. The number of thiazole rings is 1. The summed E-state index contributed by atoms with van der Waals surface area (Å²) in [4.78, 5) is 20.3. The molecule has 0 unspecified atom stereocenters. The normalized spacial score (nSPS) is 10.4. The van der Waals surface area contributed by atoms with E-state index in [2.05, 4.69) is 25.5 Å². The molecule has 6 nitrogen and oxygen atoms in total. The Balaban J connectivity index is 1.70. The van der Waals surface area contributed by atoms with Crippen LogP contribution in [0.4, 0.5) is 0 Å². The Kier molecular flexibility index (Phi) is 3.81. The van der Waals surface area contributed by atoms with Crippen molar-refractivity contribution in [1.82, 2.24) is 25.5 Å². The largest absolute Gasteiger partial charge is 0.351 e. The van der Waals surface area contributed by atoms with Gasteiger partial charge in [-0.3, -0.25) is 9.89 Å². The third kappa shape index (κ3) is 3.35. The summed E-state index contributed by atoms with van der Waals surface area (Å²) in [5.74, 6) is 0.779. The number of aromatic amines is 1. The van der Waals surface area contributed by atoms with Crippen LogP contribution in [0.3, 0.4) is 0 Å². The zero-order valence-corrected chi connectivity index (χ0v) is 10.3. The molecule has 2 rings (SSSR count). The first-order valence-corrected chi connectivity index (χ1v) is 6.12. The lowest BCUT2D eigenvalue weighted by Crippen LogP contribution is -2.23. The molecule has 0 bridgehead atoms. The Morgan fingerprint density at radius 3 is 3.06 bits per heavy atom. The van der Waals surface area contributed by atoms with Gasteiger partial charge in [-0.2, -0.15) is 5.10 Å². The number of rotatable bonds is 5. The van der Waals surface area contributed by atoms with Gasteiger partial charge in [-0.1, -0.05) is 0 Å². The maximum absolute atomic E-state index is 11.6. The minimum atomic E-state index is -0.0619. The van der Waals surface area contributed by atoms with Crippen LogP contribution < -0.4 is 5.32 Å². The first-order valence-electron chi connectivity index (χ1n) is 5.30. The Morgan fingerprint density at radius 2 is 2.41 bits per heavy atom. The molecule has 0 aliphatic heterocycles. The van der Waals surface area contributed by atoms with Gasteiger partial charge in [-0.25, -0.2) is 9.97 Å². The number of aromatic nitrogens is 4. The Bertz CT molecular complexity index is 479. The number of nitrogens with one attached hydrogen (secondary N) is 2. The molecule has 0 aliphatic carbocycles. The molecule has 0 aromatic carbocycles. The molecular formula is C10H13N5OS. The van der Waals surface area contributed by atoms with Gasteiger partial charge in [0.2, 0.25) is 0 Å². The van der Waals surface area contributed by atoms with Crippen LogP contribution in [0.2, 0.25) is 0 Å². The number of nitrogens with zero attached hydrogens (tertiary/aromatic N) is 3. The molecule has 0 aliphatic rings. The highest BCUT2D eigenvalue weighted by atomic mass is 32.1. The molecule has 0 radical (unpaired) electrons. The second-order valence-corrected chi connectivity index (χ2v) is 4.77. The zero-order chi connectivity index (χ0) is 12.1. The summed E-state index contributed by atoms with van der Waals surface area (Å²) in [6, 6.07) is 0. The topological polar surface area (TPSA) is 83.6 Å².